The van der Waals surface area contributed by atoms with Crippen LogP contribution in [0, 0.1) is 11.8 Å². The normalized spacial score (nSPS) is 35.6. The first-order valence-corrected chi connectivity index (χ1v) is 7.46. The summed E-state index contributed by atoms with van der Waals surface area (Å²) in [4.78, 5) is 12.0. The van der Waals surface area contributed by atoms with E-state index in [1.54, 1.807) is 0 Å². The summed E-state index contributed by atoms with van der Waals surface area (Å²) < 4.78 is 37.6. The maximum absolute atomic E-state index is 12.5. The first-order chi connectivity index (χ1) is 9.36. The van der Waals surface area contributed by atoms with E-state index < -0.39 is 18.1 Å². The Kier molecular flexibility index (Phi) is 4.94. The number of carbonyl (C=O) groups is 1. The zero-order chi connectivity index (χ0) is 14.8. The molecule has 2 N–H and O–H groups in total. The van der Waals surface area contributed by atoms with Gasteiger partial charge in [0.15, 0.2) is 0 Å². The molecule has 1 amide bonds. The van der Waals surface area contributed by atoms with Gasteiger partial charge in [-0.15, -0.1) is 0 Å². The lowest BCUT2D eigenvalue weighted by Gasteiger charge is -2.32. The SMILES string of the molecule is CC1CCC(NC(=O)C2CCC(C(F)(F)F)CN2)CC1. The molecular formula is C14H23F3N2O. The molecule has 0 radical (unpaired) electrons. The second kappa shape index (κ2) is 6.33. The Balaban J connectivity index is 1.75. The standard InChI is InChI=1S/C14H23F3N2O/c1-9-2-5-11(6-3-9)19-13(20)12-7-4-10(8-18-12)14(15,16)17/h9-12,18H,2-8H2,1H3,(H,19,20). The van der Waals surface area contributed by atoms with Gasteiger partial charge in [-0.1, -0.05) is 6.92 Å². The Hall–Kier alpha value is -0.780. The molecule has 1 saturated heterocycles. The summed E-state index contributed by atoms with van der Waals surface area (Å²) in [5.74, 6) is -0.740. The molecular weight excluding hydrogens is 269 g/mol. The summed E-state index contributed by atoms with van der Waals surface area (Å²) >= 11 is 0. The van der Waals surface area contributed by atoms with Crippen molar-refractivity contribution in [2.45, 2.75) is 63.7 Å². The predicted molar refractivity (Wildman–Crippen MR) is 70.1 cm³/mol. The van der Waals surface area contributed by atoms with E-state index in [-0.39, 0.29) is 31.3 Å². The molecule has 1 aliphatic heterocycles. The van der Waals surface area contributed by atoms with Crippen molar-refractivity contribution in [3.63, 3.8) is 0 Å². The van der Waals surface area contributed by atoms with Crippen LogP contribution >= 0.6 is 0 Å². The Morgan fingerprint density at radius 1 is 1.10 bits per heavy atom. The molecule has 116 valence electrons. The maximum atomic E-state index is 12.5. The molecule has 0 aromatic heterocycles. The third kappa shape index (κ3) is 4.11. The van der Waals surface area contributed by atoms with Crippen LogP contribution in [0.5, 0.6) is 0 Å². The molecule has 3 nitrogen and oxygen atoms in total. The number of amides is 1. The van der Waals surface area contributed by atoms with Gasteiger partial charge < -0.3 is 10.6 Å². The summed E-state index contributed by atoms with van der Waals surface area (Å²) in [5, 5.41) is 5.72. The molecule has 2 rings (SSSR count). The van der Waals surface area contributed by atoms with Crippen LogP contribution in [-0.2, 0) is 4.79 Å². The zero-order valence-electron chi connectivity index (χ0n) is 11.8. The number of alkyl halides is 3. The molecule has 1 saturated carbocycles. The van der Waals surface area contributed by atoms with Crippen molar-refractivity contribution in [1.29, 1.82) is 0 Å². The monoisotopic (exact) mass is 292 g/mol. The number of halogens is 3. The van der Waals surface area contributed by atoms with Gasteiger partial charge in [0.25, 0.3) is 0 Å². The highest BCUT2D eigenvalue weighted by Crippen LogP contribution is 2.32. The molecule has 2 fully saturated rings. The third-order valence-electron chi connectivity index (χ3n) is 4.56. The molecule has 0 aromatic rings. The quantitative estimate of drug-likeness (QED) is 0.821. The second-order valence-corrected chi connectivity index (χ2v) is 6.24. The lowest BCUT2D eigenvalue weighted by molar-refractivity contribution is -0.180. The summed E-state index contributed by atoms with van der Waals surface area (Å²) in [7, 11) is 0. The average Bonchev–Trinajstić information content (AvgIpc) is 2.40. The van der Waals surface area contributed by atoms with Gasteiger partial charge >= 0.3 is 6.18 Å². The van der Waals surface area contributed by atoms with Crippen molar-refractivity contribution in [3.8, 4) is 0 Å². The minimum absolute atomic E-state index is 0.0380. The van der Waals surface area contributed by atoms with Crippen LogP contribution in [0.1, 0.15) is 45.4 Å². The highest BCUT2D eigenvalue weighted by atomic mass is 19.4. The lowest BCUT2D eigenvalue weighted by atomic mass is 9.87. The van der Waals surface area contributed by atoms with Crippen LogP contribution < -0.4 is 10.6 Å². The van der Waals surface area contributed by atoms with Crippen molar-refractivity contribution in [2.75, 3.05) is 6.54 Å². The Labute approximate surface area is 117 Å². The smallest absolute Gasteiger partial charge is 0.352 e. The third-order valence-corrected chi connectivity index (χ3v) is 4.56. The molecule has 2 unspecified atom stereocenters. The molecule has 6 heteroatoms. The van der Waals surface area contributed by atoms with Gasteiger partial charge in [0.1, 0.15) is 0 Å². The summed E-state index contributed by atoms with van der Waals surface area (Å²) in [5.41, 5.74) is 0. The molecule has 0 bridgehead atoms. The van der Waals surface area contributed by atoms with Crippen molar-refractivity contribution in [2.24, 2.45) is 11.8 Å². The fraction of sp³-hybridized carbons (Fsp3) is 0.929. The summed E-state index contributed by atoms with van der Waals surface area (Å²) in [6.45, 7) is 2.06. The number of nitrogens with one attached hydrogen (secondary N) is 2. The van der Waals surface area contributed by atoms with Crippen LogP contribution in [0.2, 0.25) is 0 Å². The van der Waals surface area contributed by atoms with Gasteiger partial charge in [-0.3, -0.25) is 4.79 Å². The summed E-state index contributed by atoms with van der Waals surface area (Å²) in [6, 6.07) is -0.270. The van der Waals surface area contributed by atoms with Gasteiger partial charge in [0.2, 0.25) is 5.91 Å². The van der Waals surface area contributed by atoms with E-state index in [9.17, 15) is 18.0 Å². The maximum Gasteiger partial charge on any atom is 0.393 e. The van der Waals surface area contributed by atoms with Crippen molar-refractivity contribution < 1.29 is 18.0 Å². The van der Waals surface area contributed by atoms with Gasteiger partial charge in [0.05, 0.1) is 12.0 Å². The molecule has 1 aliphatic carbocycles. The van der Waals surface area contributed by atoms with Crippen molar-refractivity contribution in [1.82, 2.24) is 10.6 Å². The fourth-order valence-corrected chi connectivity index (χ4v) is 3.07. The fourth-order valence-electron chi connectivity index (χ4n) is 3.07. The first-order valence-electron chi connectivity index (χ1n) is 7.46. The van der Waals surface area contributed by atoms with Crippen LogP contribution in [0.4, 0.5) is 13.2 Å². The molecule has 20 heavy (non-hydrogen) atoms. The molecule has 0 aromatic carbocycles. The van der Waals surface area contributed by atoms with E-state index >= 15 is 0 Å². The van der Waals surface area contributed by atoms with Gasteiger partial charge in [-0.25, -0.2) is 0 Å². The largest absolute Gasteiger partial charge is 0.393 e. The van der Waals surface area contributed by atoms with E-state index in [4.69, 9.17) is 0 Å². The number of rotatable bonds is 2. The average molecular weight is 292 g/mol. The topological polar surface area (TPSA) is 41.1 Å². The van der Waals surface area contributed by atoms with Gasteiger partial charge in [0, 0.05) is 12.6 Å². The van der Waals surface area contributed by atoms with Crippen molar-refractivity contribution in [3.05, 3.63) is 0 Å². The van der Waals surface area contributed by atoms with Crippen LogP contribution in [0.15, 0.2) is 0 Å². The first kappa shape index (κ1) is 15.6. The van der Waals surface area contributed by atoms with Gasteiger partial charge in [-0.05, 0) is 44.4 Å². The van der Waals surface area contributed by atoms with Crippen LogP contribution in [0.3, 0.4) is 0 Å². The van der Waals surface area contributed by atoms with Crippen LogP contribution in [0.25, 0.3) is 0 Å². The zero-order valence-corrected chi connectivity index (χ0v) is 11.8. The molecule has 0 spiro atoms. The molecule has 1 heterocycles. The number of hydrogen-bond acceptors (Lipinski definition) is 2. The predicted octanol–water partition coefficient (Wildman–Crippen LogP) is 2.61. The highest BCUT2D eigenvalue weighted by Gasteiger charge is 2.42. The highest BCUT2D eigenvalue weighted by molar-refractivity contribution is 5.82. The summed E-state index contributed by atoms with van der Waals surface area (Å²) in [6.07, 6.45) is 0.317. The van der Waals surface area contributed by atoms with E-state index in [1.165, 1.54) is 0 Å². The lowest BCUT2D eigenvalue weighted by Crippen LogP contribution is -2.53. The Morgan fingerprint density at radius 3 is 2.25 bits per heavy atom. The van der Waals surface area contributed by atoms with E-state index in [1.807, 2.05) is 0 Å². The molecule has 2 atom stereocenters. The van der Waals surface area contributed by atoms with E-state index in [0.29, 0.717) is 5.92 Å². The van der Waals surface area contributed by atoms with Crippen LogP contribution in [-0.4, -0.2) is 30.7 Å². The molecule has 2 aliphatic rings. The number of carbonyl (C=O) groups excluding carboxylic acids is 1. The van der Waals surface area contributed by atoms with Gasteiger partial charge in [-0.2, -0.15) is 13.2 Å². The van der Waals surface area contributed by atoms with E-state index in [2.05, 4.69) is 17.6 Å². The van der Waals surface area contributed by atoms with Crippen molar-refractivity contribution >= 4 is 5.91 Å². The Morgan fingerprint density at radius 2 is 1.75 bits per heavy atom. The number of hydrogen-bond donors (Lipinski definition) is 2. The minimum Gasteiger partial charge on any atom is -0.352 e. The minimum atomic E-state index is -4.16. The van der Waals surface area contributed by atoms with E-state index in [0.717, 1.165) is 25.7 Å². The Bertz CT molecular complexity index is 330. The number of piperidine rings is 1. The second-order valence-electron chi connectivity index (χ2n) is 6.24.